The Morgan fingerprint density at radius 2 is 1.26 bits per heavy atom. The van der Waals surface area contributed by atoms with Gasteiger partial charge < -0.3 is 10.6 Å². The fourth-order valence-corrected chi connectivity index (χ4v) is 2.69. The normalized spacial score (nSPS) is 10.5. The molecule has 0 saturated carbocycles. The standard InChI is InChI=1S/C23H22N2O2/c1-16(2)17-11-13-20(14-12-17)24-23(27)19-9-6-10-21(15-19)25-22(26)18-7-4-3-5-8-18/h3-16H,1-2H3,(H,24,27)(H,25,26). The van der Waals surface area contributed by atoms with Crippen molar-refractivity contribution in [3.05, 3.63) is 95.6 Å². The zero-order valence-corrected chi connectivity index (χ0v) is 15.4. The van der Waals surface area contributed by atoms with Gasteiger partial charge in [-0.3, -0.25) is 9.59 Å². The summed E-state index contributed by atoms with van der Waals surface area (Å²) in [6.45, 7) is 4.26. The van der Waals surface area contributed by atoms with E-state index >= 15 is 0 Å². The van der Waals surface area contributed by atoms with Crippen LogP contribution in [0.3, 0.4) is 0 Å². The molecule has 2 N–H and O–H groups in total. The molecular formula is C23H22N2O2. The first-order valence-electron chi connectivity index (χ1n) is 8.91. The Morgan fingerprint density at radius 1 is 0.667 bits per heavy atom. The van der Waals surface area contributed by atoms with E-state index in [1.807, 2.05) is 42.5 Å². The number of carbonyl (C=O) groups is 2. The lowest BCUT2D eigenvalue weighted by atomic mass is 10.0. The Kier molecular flexibility index (Phi) is 5.67. The summed E-state index contributed by atoms with van der Waals surface area (Å²) in [5.74, 6) is 0.0141. The van der Waals surface area contributed by atoms with Crippen LogP contribution in [-0.2, 0) is 0 Å². The van der Waals surface area contributed by atoms with Gasteiger partial charge in [0.2, 0.25) is 0 Å². The highest BCUT2D eigenvalue weighted by atomic mass is 16.2. The highest BCUT2D eigenvalue weighted by Crippen LogP contribution is 2.18. The number of rotatable bonds is 5. The van der Waals surface area contributed by atoms with Crippen LogP contribution in [0.25, 0.3) is 0 Å². The molecule has 0 aliphatic heterocycles. The quantitative estimate of drug-likeness (QED) is 0.649. The van der Waals surface area contributed by atoms with Gasteiger partial charge in [-0.15, -0.1) is 0 Å². The molecule has 2 amide bonds. The van der Waals surface area contributed by atoms with Crippen LogP contribution in [-0.4, -0.2) is 11.8 Å². The zero-order valence-electron chi connectivity index (χ0n) is 15.4. The van der Waals surface area contributed by atoms with Crippen molar-refractivity contribution in [1.82, 2.24) is 0 Å². The van der Waals surface area contributed by atoms with E-state index in [-0.39, 0.29) is 11.8 Å². The molecule has 0 fully saturated rings. The molecule has 4 nitrogen and oxygen atoms in total. The zero-order chi connectivity index (χ0) is 19.2. The van der Waals surface area contributed by atoms with Crippen LogP contribution in [0.15, 0.2) is 78.9 Å². The van der Waals surface area contributed by atoms with E-state index in [0.29, 0.717) is 22.7 Å². The molecular weight excluding hydrogens is 336 g/mol. The number of anilines is 2. The Labute approximate surface area is 159 Å². The van der Waals surface area contributed by atoms with E-state index in [9.17, 15) is 9.59 Å². The van der Waals surface area contributed by atoms with E-state index in [2.05, 4.69) is 24.5 Å². The van der Waals surface area contributed by atoms with E-state index in [0.717, 1.165) is 5.69 Å². The molecule has 0 radical (unpaired) electrons. The van der Waals surface area contributed by atoms with Gasteiger partial charge in [0.1, 0.15) is 0 Å². The molecule has 4 heteroatoms. The van der Waals surface area contributed by atoms with E-state index < -0.39 is 0 Å². The largest absolute Gasteiger partial charge is 0.322 e. The third-order valence-electron chi connectivity index (χ3n) is 4.25. The monoisotopic (exact) mass is 358 g/mol. The lowest BCUT2D eigenvalue weighted by molar-refractivity contribution is 0.101. The lowest BCUT2D eigenvalue weighted by Crippen LogP contribution is -2.14. The van der Waals surface area contributed by atoms with Gasteiger partial charge in [0.25, 0.3) is 11.8 Å². The highest BCUT2D eigenvalue weighted by molar-refractivity contribution is 6.07. The van der Waals surface area contributed by atoms with Crippen molar-refractivity contribution in [3.63, 3.8) is 0 Å². The summed E-state index contributed by atoms with van der Waals surface area (Å²) >= 11 is 0. The molecule has 0 aromatic heterocycles. The van der Waals surface area contributed by atoms with Crippen molar-refractivity contribution in [2.24, 2.45) is 0 Å². The third-order valence-corrected chi connectivity index (χ3v) is 4.25. The Hall–Kier alpha value is -3.40. The van der Waals surface area contributed by atoms with Crippen LogP contribution < -0.4 is 10.6 Å². The summed E-state index contributed by atoms with van der Waals surface area (Å²) in [6.07, 6.45) is 0. The van der Waals surface area contributed by atoms with Crippen molar-refractivity contribution in [2.75, 3.05) is 10.6 Å². The predicted octanol–water partition coefficient (Wildman–Crippen LogP) is 5.31. The third kappa shape index (κ3) is 4.82. The summed E-state index contributed by atoms with van der Waals surface area (Å²) in [5.41, 5.74) is 3.58. The first-order chi connectivity index (χ1) is 13.0. The summed E-state index contributed by atoms with van der Waals surface area (Å²) in [6, 6.07) is 23.7. The molecule has 0 aliphatic carbocycles. The maximum absolute atomic E-state index is 12.5. The van der Waals surface area contributed by atoms with Crippen LogP contribution in [0.1, 0.15) is 46.0 Å². The number of benzene rings is 3. The molecule has 136 valence electrons. The second kappa shape index (κ2) is 8.32. The van der Waals surface area contributed by atoms with Crippen molar-refractivity contribution < 1.29 is 9.59 Å². The predicted molar refractivity (Wildman–Crippen MR) is 109 cm³/mol. The van der Waals surface area contributed by atoms with E-state index in [4.69, 9.17) is 0 Å². The van der Waals surface area contributed by atoms with E-state index in [1.54, 1.807) is 36.4 Å². The first-order valence-corrected chi connectivity index (χ1v) is 8.91. The molecule has 0 aliphatic rings. The first kappa shape index (κ1) is 18.4. The van der Waals surface area contributed by atoms with Crippen LogP contribution in [0, 0.1) is 0 Å². The average molecular weight is 358 g/mol. The van der Waals surface area contributed by atoms with Gasteiger partial charge in [-0.1, -0.05) is 50.2 Å². The number of amides is 2. The van der Waals surface area contributed by atoms with Crippen molar-refractivity contribution in [2.45, 2.75) is 19.8 Å². The number of carbonyl (C=O) groups excluding carboxylic acids is 2. The molecule has 3 rings (SSSR count). The molecule has 0 unspecified atom stereocenters. The highest BCUT2D eigenvalue weighted by Gasteiger charge is 2.10. The maximum atomic E-state index is 12.5. The van der Waals surface area contributed by atoms with Crippen molar-refractivity contribution in [1.29, 1.82) is 0 Å². The number of hydrogen-bond donors (Lipinski definition) is 2. The maximum Gasteiger partial charge on any atom is 0.255 e. The van der Waals surface area contributed by atoms with Gasteiger partial charge >= 0.3 is 0 Å². The SMILES string of the molecule is CC(C)c1ccc(NC(=O)c2cccc(NC(=O)c3ccccc3)c2)cc1. The Morgan fingerprint density at radius 3 is 1.93 bits per heavy atom. The second-order valence-corrected chi connectivity index (χ2v) is 6.63. The van der Waals surface area contributed by atoms with Crippen LogP contribution >= 0.6 is 0 Å². The number of nitrogens with one attached hydrogen (secondary N) is 2. The Bertz CT molecular complexity index is 932. The average Bonchev–Trinajstić information content (AvgIpc) is 2.69. The fourth-order valence-electron chi connectivity index (χ4n) is 2.69. The van der Waals surface area contributed by atoms with Crippen LogP contribution in [0.5, 0.6) is 0 Å². The van der Waals surface area contributed by atoms with Gasteiger partial charge in [0.15, 0.2) is 0 Å². The van der Waals surface area contributed by atoms with Gasteiger partial charge in [-0.25, -0.2) is 0 Å². The van der Waals surface area contributed by atoms with Crippen LogP contribution in [0.4, 0.5) is 11.4 Å². The molecule has 0 atom stereocenters. The molecule has 0 heterocycles. The van der Waals surface area contributed by atoms with E-state index in [1.165, 1.54) is 5.56 Å². The van der Waals surface area contributed by atoms with Crippen molar-refractivity contribution >= 4 is 23.2 Å². The minimum absolute atomic E-state index is 0.211. The summed E-state index contributed by atoms with van der Waals surface area (Å²) in [5, 5.41) is 5.70. The van der Waals surface area contributed by atoms with Gasteiger partial charge in [0, 0.05) is 22.5 Å². The molecule has 0 saturated heterocycles. The fraction of sp³-hybridized carbons (Fsp3) is 0.130. The topological polar surface area (TPSA) is 58.2 Å². The van der Waals surface area contributed by atoms with Crippen molar-refractivity contribution in [3.8, 4) is 0 Å². The molecule has 27 heavy (non-hydrogen) atoms. The van der Waals surface area contributed by atoms with Crippen LogP contribution in [0.2, 0.25) is 0 Å². The minimum Gasteiger partial charge on any atom is -0.322 e. The van der Waals surface area contributed by atoms with Gasteiger partial charge in [-0.2, -0.15) is 0 Å². The summed E-state index contributed by atoms with van der Waals surface area (Å²) in [7, 11) is 0. The molecule has 3 aromatic rings. The molecule has 0 bridgehead atoms. The minimum atomic E-state index is -0.219. The molecule has 3 aromatic carbocycles. The Balaban J connectivity index is 1.69. The summed E-state index contributed by atoms with van der Waals surface area (Å²) < 4.78 is 0. The second-order valence-electron chi connectivity index (χ2n) is 6.63. The van der Waals surface area contributed by atoms with Gasteiger partial charge in [0.05, 0.1) is 0 Å². The molecule has 0 spiro atoms. The number of hydrogen-bond acceptors (Lipinski definition) is 2. The lowest BCUT2D eigenvalue weighted by Gasteiger charge is -2.10. The summed E-state index contributed by atoms with van der Waals surface area (Å²) in [4.78, 5) is 24.8. The van der Waals surface area contributed by atoms with Gasteiger partial charge in [-0.05, 0) is 53.9 Å². The smallest absolute Gasteiger partial charge is 0.255 e.